The molecular formula is C33H45NO2. The number of allylic oxidation sites excluding steroid dienone is 1. The van der Waals surface area contributed by atoms with Crippen LogP contribution in [0.15, 0.2) is 48.0 Å². The zero-order valence-electron chi connectivity index (χ0n) is 22.8. The number of aryl methyl sites for hydroxylation is 2. The number of esters is 1. The molecule has 3 nitrogen and oxygen atoms in total. The van der Waals surface area contributed by atoms with Crippen LogP contribution in [0.2, 0.25) is 0 Å². The minimum atomic E-state index is -0.0539. The monoisotopic (exact) mass is 487 g/mol. The SMILES string of the molecule is CCCCCCCCC(=O)OC1=C(CC2CCN(Cc3ccccc3)CC2)Cc2cc(C)c(C)cc21. The lowest BCUT2D eigenvalue weighted by atomic mass is 9.89. The van der Waals surface area contributed by atoms with E-state index in [0.717, 1.165) is 56.6 Å². The highest BCUT2D eigenvalue weighted by Crippen LogP contribution is 2.40. The average molecular weight is 488 g/mol. The molecule has 2 aliphatic rings. The summed E-state index contributed by atoms with van der Waals surface area (Å²) in [5.74, 6) is 1.49. The van der Waals surface area contributed by atoms with E-state index < -0.39 is 0 Å². The minimum Gasteiger partial charge on any atom is -0.426 e. The zero-order chi connectivity index (χ0) is 25.3. The third kappa shape index (κ3) is 7.32. The average Bonchev–Trinajstić information content (AvgIpc) is 3.18. The Kier molecular flexibility index (Phi) is 9.81. The van der Waals surface area contributed by atoms with E-state index >= 15 is 0 Å². The normalized spacial score (nSPS) is 16.4. The number of carbonyl (C=O) groups is 1. The second-order valence-electron chi connectivity index (χ2n) is 11.1. The van der Waals surface area contributed by atoms with Gasteiger partial charge in [0.25, 0.3) is 0 Å². The Morgan fingerprint density at radius 1 is 0.944 bits per heavy atom. The lowest BCUT2D eigenvalue weighted by Gasteiger charge is -2.32. The number of hydrogen-bond acceptors (Lipinski definition) is 3. The molecular weight excluding hydrogens is 442 g/mol. The van der Waals surface area contributed by atoms with Gasteiger partial charge in [0.2, 0.25) is 0 Å². The molecule has 1 heterocycles. The number of fused-ring (bicyclic) bond motifs is 1. The van der Waals surface area contributed by atoms with Crippen LogP contribution in [0.25, 0.3) is 5.76 Å². The van der Waals surface area contributed by atoms with Gasteiger partial charge in [0.1, 0.15) is 5.76 Å². The topological polar surface area (TPSA) is 29.5 Å². The number of unbranched alkanes of at least 4 members (excludes halogenated alkanes) is 5. The summed E-state index contributed by atoms with van der Waals surface area (Å²) >= 11 is 0. The van der Waals surface area contributed by atoms with Gasteiger partial charge in [0, 0.05) is 18.5 Å². The molecule has 4 rings (SSSR count). The molecule has 0 N–H and O–H groups in total. The molecule has 0 aromatic heterocycles. The van der Waals surface area contributed by atoms with Crippen molar-refractivity contribution in [1.29, 1.82) is 0 Å². The third-order valence-corrected chi connectivity index (χ3v) is 8.13. The van der Waals surface area contributed by atoms with Gasteiger partial charge in [-0.1, -0.05) is 75.4 Å². The molecule has 0 unspecified atom stereocenters. The molecule has 2 aromatic rings. The van der Waals surface area contributed by atoms with Gasteiger partial charge < -0.3 is 4.74 Å². The van der Waals surface area contributed by atoms with Gasteiger partial charge in [0.15, 0.2) is 0 Å². The van der Waals surface area contributed by atoms with Crippen molar-refractivity contribution in [3.8, 4) is 0 Å². The zero-order valence-corrected chi connectivity index (χ0v) is 22.8. The van der Waals surface area contributed by atoms with Gasteiger partial charge in [-0.05, 0) is 98.9 Å². The number of piperidine rings is 1. The predicted molar refractivity (Wildman–Crippen MR) is 150 cm³/mol. The molecule has 0 saturated carbocycles. The molecule has 0 radical (unpaired) electrons. The second kappa shape index (κ2) is 13.2. The fourth-order valence-electron chi connectivity index (χ4n) is 5.78. The Morgan fingerprint density at radius 2 is 1.64 bits per heavy atom. The van der Waals surface area contributed by atoms with Crippen LogP contribution >= 0.6 is 0 Å². The van der Waals surface area contributed by atoms with E-state index in [1.54, 1.807) is 0 Å². The van der Waals surface area contributed by atoms with Gasteiger partial charge in [-0.3, -0.25) is 9.69 Å². The fraction of sp³-hybridized carbons (Fsp3) is 0.545. The number of hydrogen-bond donors (Lipinski definition) is 0. The van der Waals surface area contributed by atoms with Crippen molar-refractivity contribution < 1.29 is 9.53 Å². The predicted octanol–water partition coefficient (Wildman–Crippen LogP) is 8.17. The van der Waals surface area contributed by atoms with Gasteiger partial charge in [-0.15, -0.1) is 0 Å². The molecule has 0 atom stereocenters. The van der Waals surface area contributed by atoms with Gasteiger partial charge in [0.05, 0.1) is 0 Å². The van der Waals surface area contributed by atoms with E-state index in [1.165, 1.54) is 66.4 Å². The maximum atomic E-state index is 12.8. The van der Waals surface area contributed by atoms with Crippen LogP contribution in [-0.2, 0) is 22.5 Å². The summed E-state index contributed by atoms with van der Waals surface area (Å²) in [6.45, 7) is 9.91. The number of likely N-dealkylation sites (tertiary alicyclic amines) is 1. The van der Waals surface area contributed by atoms with E-state index in [9.17, 15) is 4.79 Å². The van der Waals surface area contributed by atoms with E-state index in [4.69, 9.17) is 4.74 Å². The Morgan fingerprint density at radius 3 is 2.39 bits per heavy atom. The van der Waals surface area contributed by atoms with Crippen LogP contribution in [-0.4, -0.2) is 24.0 Å². The molecule has 0 bridgehead atoms. The van der Waals surface area contributed by atoms with Crippen LogP contribution in [0.5, 0.6) is 0 Å². The molecule has 1 aliphatic heterocycles. The van der Waals surface area contributed by atoms with Crippen molar-refractivity contribution >= 4 is 11.7 Å². The van der Waals surface area contributed by atoms with E-state index in [1.807, 2.05) is 0 Å². The Balaban J connectivity index is 1.36. The van der Waals surface area contributed by atoms with Crippen LogP contribution in [0.4, 0.5) is 0 Å². The number of nitrogens with zero attached hydrogens (tertiary/aromatic N) is 1. The summed E-state index contributed by atoms with van der Waals surface area (Å²) in [6.07, 6.45) is 12.0. The molecule has 1 saturated heterocycles. The first kappa shape index (κ1) is 26.7. The largest absolute Gasteiger partial charge is 0.426 e. The minimum absolute atomic E-state index is 0.0539. The quantitative estimate of drug-likeness (QED) is 0.223. The number of carbonyl (C=O) groups excluding carboxylic acids is 1. The third-order valence-electron chi connectivity index (χ3n) is 8.13. The van der Waals surface area contributed by atoms with Gasteiger partial charge in [-0.2, -0.15) is 0 Å². The second-order valence-corrected chi connectivity index (χ2v) is 11.1. The van der Waals surface area contributed by atoms with Crippen molar-refractivity contribution in [2.24, 2.45) is 5.92 Å². The van der Waals surface area contributed by atoms with Gasteiger partial charge in [-0.25, -0.2) is 0 Å². The highest BCUT2D eigenvalue weighted by molar-refractivity contribution is 5.82. The van der Waals surface area contributed by atoms with E-state index in [0.29, 0.717) is 12.3 Å². The Hall–Kier alpha value is -2.39. The maximum absolute atomic E-state index is 12.8. The molecule has 1 fully saturated rings. The van der Waals surface area contributed by atoms with Crippen LogP contribution in [0.3, 0.4) is 0 Å². The molecule has 0 amide bonds. The molecule has 2 aromatic carbocycles. The van der Waals surface area contributed by atoms with Crippen molar-refractivity contribution in [3.05, 3.63) is 75.9 Å². The van der Waals surface area contributed by atoms with Crippen LogP contribution < -0.4 is 0 Å². The molecule has 1 aliphatic carbocycles. The van der Waals surface area contributed by atoms with Crippen LogP contribution in [0.1, 0.15) is 98.9 Å². The summed E-state index contributed by atoms with van der Waals surface area (Å²) in [6, 6.07) is 15.3. The molecule has 0 spiro atoms. The summed E-state index contributed by atoms with van der Waals surface area (Å²) in [5.41, 5.74) is 7.82. The Bertz CT molecular complexity index is 1030. The summed E-state index contributed by atoms with van der Waals surface area (Å²) in [7, 11) is 0. The van der Waals surface area contributed by atoms with Crippen molar-refractivity contribution in [2.75, 3.05) is 13.1 Å². The lowest BCUT2D eigenvalue weighted by molar-refractivity contribution is -0.136. The standard InChI is InChI=1S/C33H45NO2/c1-4-5-6-7-8-12-15-32(35)36-33-30(23-29-20-25(2)26(3)21-31(29)33)22-27-16-18-34(19-17-27)24-28-13-10-9-11-14-28/h9-11,13-14,20-21,27H,4-8,12,15-19,22-24H2,1-3H3. The number of benzene rings is 2. The highest BCUT2D eigenvalue weighted by atomic mass is 16.5. The highest BCUT2D eigenvalue weighted by Gasteiger charge is 2.29. The van der Waals surface area contributed by atoms with Crippen molar-refractivity contribution in [1.82, 2.24) is 4.90 Å². The first-order valence-corrected chi connectivity index (χ1v) is 14.3. The number of rotatable bonds is 12. The maximum Gasteiger partial charge on any atom is 0.311 e. The summed E-state index contributed by atoms with van der Waals surface area (Å²) in [5, 5.41) is 0. The summed E-state index contributed by atoms with van der Waals surface area (Å²) in [4.78, 5) is 15.4. The van der Waals surface area contributed by atoms with Gasteiger partial charge >= 0.3 is 5.97 Å². The molecule has 194 valence electrons. The Labute approximate surface area is 218 Å². The number of ether oxygens (including phenoxy) is 1. The fourth-order valence-corrected chi connectivity index (χ4v) is 5.78. The molecule has 3 heteroatoms. The first-order chi connectivity index (χ1) is 17.5. The van der Waals surface area contributed by atoms with Crippen LogP contribution in [0, 0.1) is 19.8 Å². The van der Waals surface area contributed by atoms with Crippen molar-refractivity contribution in [3.63, 3.8) is 0 Å². The summed E-state index contributed by atoms with van der Waals surface area (Å²) < 4.78 is 6.14. The molecule has 36 heavy (non-hydrogen) atoms. The smallest absolute Gasteiger partial charge is 0.311 e. The first-order valence-electron chi connectivity index (χ1n) is 14.3. The lowest BCUT2D eigenvalue weighted by Crippen LogP contribution is -2.33. The van der Waals surface area contributed by atoms with E-state index in [-0.39, 0.29) is 5.97 Å². The van der Waals surface area contributed by atoms with Crippen molar-refractivity contribution in [2.45, 2.75) is 97.9 Å². The van der Waals surface area contributed by atoms with E-state index in [2.05, 4.69) is 68.1 Å².